The third-order valence-electron chi connectivity index (χ3n) is 4.47. The summed E-state index contributed by atoms with van der Waals surface area (Å²) in [5, 5.41) is 12.8. The summed E-state index contributed by atoms with van der Waals surface area (Å²) in [7, 11) is 0. The molecule has 4 rings (SSSR count). The molecule has 1 heterocycles. The summed E-state index contributed by atoms with van der Waals surface area (Å²) in [5.74, 6) is -0.223. The quantitative estimate of drug-likeness (QED) is 0.522. The zero-order valence-electron chi connectivity index (χ0n) is 15.4. The Bertz CT molecular complexity index is 1010. The number of aromatic nitrogens is 3. The number of nitrogens with one attached hydrogen (secondary N) is 1. The Kier molecular flexibility index (Phi) is 5.54. The van der Waals surface area contributed by atoms with E-state index in [0.717, 1.165) is 28.1 Å². The lowest BCUT2D eigenvalue weighted by molar-refractivity contribution is 0.576. The van der Waals surface area contributed by atoms with E-state index in [1.807, 2.05) is 48.5 Å². The number of rotatable bonds is 7. The van der Waals surface area contributed by atoms with E-state index in [-0.39, 0.29) is 5.82 Å². The first kappa shape index (κ1) is 18.1. The highest BCUT2D eigenvalue weighted by atomic mass is 19.1. The minimum absolute atomic E-state index is 0.223. The molecule has 0 fully saturated rings. The molecule has 0 saturated heterocycles. The van der Waals surface area contributed by atoms with E-state index in [2.05, 4.69) is 17.4 Å². The summed E-state index contributed by atoms with van der Waals surface area (Å²) >= 11 is 0. The molecule has 0 unspecified atom stereocenters. The van der Waals surface area contributed by atoms with Crippen LogP contribution in [-0.4, -0.2) is 15.0 Å². The molecule has 4 aromatic rings. The maximum atomic E-state index is 13.1. The van der Waals surface area contributed by atoms with E-state index in [1.54, 1.807) is 16.9 Å². The molecule has 5 heteroatoms. The lowest BCUT2D eigenvalue weighted by atomic mass is 10.1. The smallest absolute Gasteiger partial charge is 0.123 e. The van der Waals surface area contributed by atoms with Gasteiger partial charge in [0.1, 0.15) is 17.2 Å². The van der Waals surface area contributed by atoms with E-state index in [1.165, 1.54) is 12.1 Å². The standard InChI is InChI=1S/C23H21FN4/c24-21-13-11-18(12-14-21)15-25-16-22-23(20-9-5-2-6-10-20)27-28(26-22)17-19-7-3-1-4-8-19/h1-14,25H,15-17H2. The molecule has 140 valence electrons. The fourth-order valence-corrected chi connectivity index (χ4v) is 3.07. The molecule has 0 spiro atoms. The Morgan fingerprint density at radius 2 is 1.39 bits per heavy atom. The second-order valence-corrected chi connectivity index (χ2v) is 6.61. The monoisotopic (exact) mass is 372 g/mol. The van der Waals surface area contributed by atoms with Crippen molar-refractivity contribution in [3.63, 3.8) is 0 Å². The lowest BCUT2D eigenvalue weighted by Gasteiger charge is -2.04. The van der Waals surface area contributed by atoms with Gasteiger partial charge in [-0.05, 0) is 23.3 Å². The van der Waals surface area contributed by atoms with Crippen molar-refractivity contribution in [3.8, 4) is 11.3 Å². The second kappa shape index (κ2) is 8.59. The first-order valence-corrected chi connectivity index (χ1v) is 9.26. The van der Waals surface area contributed by atoms with Crippen LogP contribution in [0.5, 0.6) is 0 Å². The van der Waals surface area contributed by atoms with E-state index in [4.69, 9.17) is 10.2 Å². The van der Waals surface area contributed by atoms with Gasteiger partial charge in [-0.2, -0.15) is 15.0 Å². The number of hydrogen-bond donors (Lipinski definition) is 1. The average Bonchev–Trinajstić information content (AvgIpc) is 3.13. The van der Waals surface area contributed by atoms with Crippen LogP contribution in [0.2, 0.25) is 0 Å². The SMILES string of the molecule is Fc1ccc(CNCc2nn(Cc3ccccc3)nc2-c2ccccc2)cc1. The van der Waals surface area contributed by atoms with Gasteiger partial charge in [0.05, 0.1) is 6.54 Å². The van der Waals surface area contributed by atoms with Gasteiger partial charge >= 0.3 is 0 Å². The van der Waals surface area contributed by atoms with Gasteiger partial charge in [0.15, 0.2) is 0 Å². The van der Waals surface area contributed by atoms with Gasteiger partial charge in [-0.3, -0.25) is 0 Å². The molecule has 3 aromatic carbocycles. The van der Waals surface area contributed by atoms with Crippen molar-refractivity contribution in [2.24, 2.45) is 0 Å². The highest BCUT2D eigenvalue weighted by molar-refractivity contribution is 5.60. The number of hydrogen-bond acceptors (Lipinski definition) is 3. The molecule has 1 aromatic heterocycles. The Labute approximate surface area is 163 Å². The summed E-state index contributed by atoms with van der Waals surface area (Å²) in [6.45, 7) is 1.84. The summed E-state index contributed by atoms with van der Waals surface area (Å²) in [4.78, 5) is 1.74. The van der Waals surface area contributed by atoms with Gasteiger partial charge in [0.25, 0.3) is 0 Å². The molecule has 0 bridgehead atoms. The van der Waals surface area contributed by atoms with E-state index in [9.17, 15) is 4.39 Å². The Hall–Kier alpha value is -3.31. The molecule has 0 radical (unpaired) electrons. The zero-order valence-corrected chi connectivity index (χ0v) is 15.4. The van der Waals surface area contributed by atoms with Gasteiger partial charge in [-0.1, -0.05) is 72.8 Å². The largest absolute Gasteiger partial charge is 0.307 e. The third-order valence-corrected chi connectivity index (χ3v) is 4.47. The van der Waals surface area contributed by atoms with Crippen LogP contribution in [0.25, 0.3) is 11.3 Å². The molecule has 0 saturated carbocycles. The molecule has 28 heavy (non-hydrogen) atoms. The van der Waals surface area contributed by atoms with E-state index < -0.39 is 0 Å². The predicted molar refractivity (Wildman–Crippen MR) is 108 cm³/mol. The van der Waals surface area contributed by atoms with Crippen molar-refractivity contribution in [1.29, 1.82) is 0 Å². The third kappa shape index (κ3) is 4.50. The van der Waals surface area contributed by atoms with Crippen molar-refractivity contribution < 1.29 is 4.39 Å². The molecule has 0 aliphatic rings. The van der Waals surface area contributed by atoms with Crippen molar-refractivity contribution >= 4 is 0 Å². The molecule has 0 aliphatic heterocycles. The molecule has 4 nitrogen and oxygen atoms in total. The van der Waals surface area contributed by atoms with Gasteiger partial charge in [-0.25, -0.2) is 4.39 Å². The van der Waals surface area contributed by atoms with Crippen LogP contribution in [0.4, 0.5) is 4.39 Å². The van der Waals surface area contributed by atoms with Gasteiger partial charge < -0.3 is 5.32 Å². The van der Waals surface area contributed by atoms with E-state index >= 15 is 0 Å². The Morgan fingerprint density at radius 1 is 0.714 bits per heavy atom. The molecule has 0 amide bonds. The number of nitrogens with zero attached hydrogens (tertiary/aromatic N) is 3. The van der Waals surface area contributed by atoms with Crippen LogP contribution in [-0.2, 0) is 19.6 Å². The molecular weight excluding hydrogens is 351 g/mol. The minimum atomic E-state index is -0.223. The fourth-order valence-electron chi connectivity index (χ4n) is 3.07. The first-order chi connectivity index (χ1) is 13.8. The fraction of sp³-hybridized carbons (Fsp3) is 0.130. The molecule has 0 aliphatic carbocycles. The topological polar surface area (TPSA) is 42.7 Å². The maximum Gasteiger partial charge on any atom is 0.123 e. The highest BCUT2D eigenvalue weighted by Crippen LogP contribution is 2.20. The molecular formula is C23H21FN4. The second-order valence-electron chi connectivity index (χ2n) is 6.61. The van der Waals surface area contributed by atoms with Gasteiger partial charge in [-0.15, -0.1) is 0 Å². The van der Waals surface area contributed by atoms with Crippen molar-refractivity contribution in [1.82, 2.24) is 20.3 Å². The van der Waals surface area contributed by atoms with Crippen LogP contribution < -0.4 is 5.32 Å². The summed E-state index contributed by atoms with van der Waals surface area (Å²) in [5.41, 5.74) is 5.00. The van der Waals surface area contributed by atoms with E-state index in [0.29, 0.717) is 19.6 Å². The normalized spacial score (nSPS) is 10.9. The zero-order chi connectivity index (χ0) is 19.2. The van der Waals surface area contributed by atoms with Crippen LogP contribution >= 0.6 is 0 Å². The Morgan fingerprint density at radius 3 is 2.11 bits per heavy atom. The number of halogens is 1. The maximum absolute atomic E-state index is 13.1. The van der Waals surface area contributed by atoms with Crippen molar-refractivity contribution in [2.75, 3.05) is 0 Å². The predicted octanol–water partition coefficient (Wildman–Crippen LogP) is 4.42. The molecule has 0 atom stereocenters. The summed E-state index contributed by atoms with van der Waals surface area (Å²) < 4.78 is 13.1. The lowest BCUT2D eigenvalue weighted by Crippen LogP contribution is -2.14. The van der Waals surface area contributed by atoms with Crippen molar-refractivity contribution in [2.45, 2.75) is 19.6 Å². The van der Waals surface area contributed by atoms with Crippen LogP contribution in [0.3, 0.4) is 0 Å². The summed E-state index contributed by atoms with van der Waals surface area (Å²) in [6, 6.07) is 26.8. The number of benzene rings is 3. The van der Waals surface area contributed by atoms with Crippen molar-refractivity contribution in [3.05, 3.63) is 108 Å². The van der Waals surface area contributed by atoms with Crippen LogP contribution in [0, 0.1) is 5.82 Å². The minimum Gasteiger partial charge on any atom is -0.307 e. The van der Waals surface area contributed by atoms with Crippen LogP contribution in [0.15, 0.2) is 84.9 Å². The Balaban J connectivity index is 1.53. The first-order valence-electron chi connectivity index (χ1n) is 9.26. The van der Waals surface area contributed by atoms with Crippen LogP contribution in [0.1, 0.15) is 16.8 Å². The molecule has 1 N–H and O–H groups in total. The average molecular weight is 372 g/mol. The van der Waals surface area contributed by atoms with Gasteiger partial charge in [0, 0.05) is 18.7 Å². The van der Waals surface area contributed by atoms with Gasteiger partial charge in [0.2, 0.25) is 0 Å². The highest BCUT2D eigenvalue weighted by Gasteiger charge is 2.13. The summed E-state index contributed by atoms with van der Waals surface area (Å²) in [6.07, 6.45) is 0.